The number of carbonyl (C=O) groups is 2. The van der Waals surface area contributed by atoms with Crippen LogP contribution in [0.2, 0.25) is 0 Å². The molecule has 0 bridgehead atoms. The molecule has 0 saturated carbocycles. The molecule has 0 aromatic heterocycles. The molecule has 10 nitrogen and oxygen atoms in total. The van der Waals surface area contributed by atoms with Crippen molar-refractivity contribution in [3.05, 3.63) is 88.5 Å². The van der Waals surface area contributed by atoms with Gasteiger partial charge in [0, 0.05) is 31.7 Å². The van der Waals surface area contributed by atoms with Gasteiger partial charge in [-0.3, -0.25) is 14.5 Å². The predicted octanol–water partition coefficient (Wildman–Crippen LogP) is 4.74. The molecule has 0 unspecified atom stereocenters. The van der Waals surface area contributed by atoms with Crippen molar-refractivity contribution in [1.29, 1.82) is 0 Å². The average molecular weight is 617 g/mol. The Labute approximate surface area is 263 Å². The standard InChI is InChI=1S/C35H40N2O8/c1-23-19-26(45-22-24-9-6-5-7-10-24)11-12-27(23)32(38)30-31(25-20-28(41-2)34(43-4)29(21-25)42-3)37(35(40)33(30)39)14-8-13-36-15-17-44-18-16-36/h5-7,9-12,19-21,31,38H,8,13-18,22H2,1-4H3/b32-30+/t31-/m0/s1. The van der Waals surface area contributed by atoms with Crippen molar-refractivity contribution in [2.24, 2.45) is 0 Å². The van der Waals surface area contributed by atoms with Crippen LogP contribution < -0.4 is 18.9 Å². The maximum absolute atomic E-state index is 13.7. The van der Waals surface area contributed by atoms with Gasteiger partial charge in [0.2, 0.25) is 5.75 Å². The van der Waals surface area contributed by atoms with E-state index in [1.54, 1.807) is 24.3 Å². The summed E-state index contributed by atoms with van der Waals surface area (Å²) >= 11 is 0. The normalized spacial score (nSPS) is 18.2. The zero-order valence-electron chi connectivity index (χ0n) is 26.2. The van der Waals surface area contributed by atoms with Gasteiger partial charge in [0.05, 0.1) is 46.2 Å². The molecule has 10 heteroatoms. The molecule has 5 rings (SSSR count). The Morgan fingerprint density at radius 3 is 2.22 bits per heavy atom. The molecular weight excluding hydrogens is 576 g/mol. The fourth-order valence-corrected chi connectivity index (χ4v) is 5.88. The van der Waals surface area contributed by atoms with E-state index in [0.717, 1.165) is 25.2 Å². The third kappa shape index (κ3) is 6.92. The number of hydrogen-bond acceptors (Lipinski definition) is 9. The molecule has 0 aliphatic carbocycles. The van der Waals surface area contributed by atoms with E-state index in [0.29, 0.717) is 72.5 Å². The van der Waals surface area contributed by atoms with Gasteiger partial charge in [-0.25, -0.2) is 0 Å². The van der Waals surface area contributed by atoms with Gasteiger partial charge in [-0.15, -0.1) is 0 Å². The van der Waals surface area contributed by atoms with E-state index in [4.69, 9.17) is 23.7 Å². The molecule has 238 valence electrons. The third-order valence-corrected chi connectivity index (χ3v) is 8.22. The highest BCUT2D eigenvalue weighted by atomic mass is 16.5. The Balaban J connectivity index is 1.51. The van der Waals surface area contributed by atoms with Crippen LogP contribution in [0.3, 0.4) is 0 Å². The number of rotatable bonds is 12. The summed E-state index contributed by atoms with van der Waals surface area (Å²) < 4.78 is 28.1. The number of morpholine rings is 1. The SMILES string of the molecule is COc1cc([C@H]2/C(=C(\O)c3ccc(OCc4ccccc4)cc3C)C(=O)C(=O)N2CCCN2CCOCC2)cc(OC)c1OC. The number of nitrogens with zero attached hydrogens (tertiary/aromatic N) is 2. The highest BCUT2D eigenvalue weighted by Gasteiger charge is 2.46. The zero-order chi connectivity index (χ0) is 31.9. The number of ketones is 1. The number of aryl methyl sites for hydroxylation is 1. The Kier molecular flexibility index (Phi) is 10.3. The van der Waals surface area contributed by atoms with E-state index < -0.39 is 17.7 Å². The van der Waals surface area contributed by atoms with Crippen LogP contribution in [0.1, 0.15) is 34.7 Å². The first-order chi connectivity index (χ1) is 21.9. The smallest absolute Gasteiger partial charge is 0.295 e. The minimum absolute atomic E-state index is 0.00157. The molecule has 2 heterocycles. The molecule has 0 spiro atoms. The lowest BCUT2D eigenvalue weighted by molar-refractivity contribution is -0.140. The summed E-state index contributed by atoms with van der Waals surface area (Å²) in [6.07, 6.45) is 0.639. The van der Waals surface area contributed by atoms with Crippen molar-refractivity contribution < 1.29 is 38.4 Å². The molecule has 2 aliphatic heterocycles. The Morgan fingerprint density at radius 1 is 0.911 bits per heavy atom. The van der Waals surface area contributed by atoms with Crippen LogP contribution in [0.5, 0.6) is 23.0 Å². The fourth-order valence-electron chi connectivity index (χ4n) is 5.88. The number of amides is 1. The van der Waals surface area contributed by atoms with Crippen LogP contribution in [0.15, 0.2) is 66.2 Å². The summed E-state index contributed by atoms with van der Waals surface area (Å²) in [5, 5.41) is 11.8. The summed E-state index contributed by atoms with van der Waals surface area (Å²) in [5.41, 5.74) is 2.71. The molecule has 2 aliphatic rings. The number of likely N-dealkylation sites (tertiary alicyclic amines) is 1. The van der Waals surface area contributed by atoms with Gasteiger partial charge >= 0.3 is 0 Å². The molecule has 2 fully saturated rings. The predicted molar refractivity (Wildman–Crippen MR) is 169 cm³/mol. The van der Waals surface area contributed by atoms with Gasteiger partial charge in [-0.1, -0.05) is 30.3 Å². The highest BCUT2D eigenvalue weighted by molar-refractivity contribution is 6.46. The van der Waals surface area contributed by atoms with E-state index in [9.17, 15) is 14.7 Å². The first-order valence-electron chi connectivity index (χ1n) is 15.0. The average Bonchev–Trinajstić information content (AvgIpc) is 3.32. The van der Waals surface area contributed by atoms with Gasteiger partial charge in [0.25, 0.3) is 11.7 Å². The fraction of sp³-hybridized carbons (Fsp3) is 0.371. The number of hydrogen-bond donors (Lipinski definition) is 1. The van der Waals surface area contributed by atoms with Gasteiger partial charge < -0.3 is 33.7 Å². The quantitative estimate of drug-likeness (QED) is 0.175. The highest BCUT2D eigenvalue weighted by Crippen LogP contribution is 2.46. The number of ether oxygens (including phenoxy) is 5. The molecule has 0 radical (unpaired) electrons. The second-order valence-corrected chi connectivity index (χ2v) is 11.0. The van der Waals surface area contributed by atoms with Crippen molar-refractivity contribution in [3.63, 3.8) is 0 Å². The van der Waals surface area contributed by atoms with E-state index in [1.165, 1.54) is 26.2 Å². The number of Topliss-reactive ketones (excluding diaryl/α,β-unsaturated/α-hetero) is 1. The van der Waals surface area contributed by atoms with E-state index in [2.05, 4.69) is 4.90 Å². The lowest BCUT2D eigenvalue weighted by Gasteiger charge is -2.29. The van der Waals surface area contributed by atoms with Crippen molar-refractivity contribution in [2.45, 2.75) is 26.0 Å². The number of benzene rings is 3. The molecule has 45 heavy (non-hydrogen) atoms. The molecule has 3 aromatic rings. The van der Waals surface area contributed by atoms with Gasteiger partial charge in [0.1, 0.15) is 18.1 Å². The lowest BCUT2D eigenvalue weighted by atomic mass is 9.93. The van der Waals surface area contributed by atoms with Crippen LogP contribution >= 0.6 is 0 Å². The van der Waals surface area contributed by atoms with Crippen LogP contribution in [0, 0.1) is 6.92 Å². The number of carbonyl (C=O) groups excluding carboxylic acids is 2. The van der Waals surface area contributed by atoms with Crippen LogP contribution in [-0.2, 0) is 20.9 Å². The maximum atomic E-state index is 13.7. The van der Waals surface area contributed by atoms with Crippen molar-refractivity contribution in [2.75, 3.05) is 60.7 Å². The number of methoxy groups -OCH3 is 3. The molecule has 2 saturated heterocycles. The summed E-state index contributed by atoms with van der Waals surface area (Å²) in [5.74, 6) is 0.0883. The van der Waals surface area contributed by atoms with Crippen LogP contribution in [0.4, 0.5) is 0 Å². The van der Waals surface area contributed by atoms with Crippen LogP contribution in [0.25, 0.3) is 5.76 Å². The first kappa shape index (κ1) is 31.9. The second-order valence-electron chi connectivity index (χ2n) is 11.0. The zero-order valence-corrected chi connectivity index (χ0v) is 26.2. The maximum Gasteiger partial charge on any atom is 0.295 e. The topological polar surface area (TPSA) is 107 Å². The third-order valence-electron chi connectivity index (χ3n) is 8.22. The Bertz CT molecular complexity index is 1520. The largest absolute Gasteiger partial charge is 0.507 e. The molecule has 1 atom stereocenters. The summed E-state index contributed by atoms with van der Waals surface area (Å²) in [6, 6.07) is 17.6. The summed E-state index contributed by atoms with van der Waals surface area (Å²) in [7, 11) is 4.52. The summed E-state index contributed by atoms with van der Waals surface area (Å²) in [6.45, 7) is 6.26. The van der Waals surface area contributed by atoms with E-state index >= 15 is 0 Å². The van der Waals surface area contributed by atoms with Crippen LogP contribution in [-0.4, -0.2) is 87.3 Å². The number of aliphatic hydroxyl groups is 1. The summed E-state index contributed by atoms with van der Waals surface area (Å²) in [4.78, 5) is 31.1. The molecular formula is C35H40N2O8. The minimum atomic E-state index is -0.878. The van der Waals surface area contributed by atoms with Gasteiger partial charge in [-0.05, 0) is 60.4 Å². The second kappa shape index (κ2) is 14.5. The van der Waals surface area contributed by atoms with Crippen molar-refractivity contribution in [3.8, 4) is 23.0 Å². The van der Waals surface area contributed by atoms with E-state index in [-0.39, 0.29) is 11.3 Å². The molecule has 1 amide bonds. The first-order valence-corrected chi connectivity index (χ1v) is 15.0. The van der Waals surface area contributed by atoms with Crippen molar-refractivity contribution in [1.82, 2.24) is 9.80 Å². The molecule has 1 N–H and O–H groups in total. The Hall–Kier alpha value is -4.54. The monoisotopic (exact) mass is 616 g/mol. The van der Waals surface area contributed by atoms with E-state index in [1.807, 2.05) is 43.3 Å². The Morgan fingerprint density at radius 2 is 1.60 bits per heavy atom. The van der Waals surface area contributed by atoms with Gasteiger partial charge in [0.15, 0.2) is 11.5 Å². The number of aliphatic hydroxyl groups excluding tert-OH is 1. The lowest BCUT2D eigenvalue weighted by Crippen LogP contribution is -2.39. The van der Waals surface area contributed by atoms with Crippen molar-refractivity contribution >= 4 is 17.4 Å². The van der Waals surface area contributed by atoms with Gasteiger partial charge in [-0.2, -0.15) is 0 Å². The molecule has 3 aromatic carbocycles. The minimum Gasteiger partial charge on any atom is -0.507 e.